The van der Waals surface area contributed by atoms with Crippen molar-refractivity contribution in [2.45, 2.75) is 25.4 Å². The highest BCUT2D eigenvalue weighted by Gasteiger charge is 2.13. The summed E-state index contributed by atoms with van der Waals surface area (Å²) in [5.41, 5.74) is 0. The van der Waals surface area contributed by atoms with Gasteiger partial charge in [0.05, 0.1) is 0 Å². The fourth-order valence-corrected chi connectivity index (χ4v) is 1.42. The monoisotopic (exact) mass is 157 g/mol. The van der Waals surface area contributed by atoms with Gasteiger partial charge in [-0.2, -0.15) is 0 Å². The van der Waals surface area contributed by atoms with Crippen molar-refractivity contribution in [2.24, 2.45) is 0 Å². The lowest BCUT2D eigenvalue weighted by atomic mass is 10.1. The van der Waals surface area contributed by atoms with Gasteiger partial charge in [0.25, 0.3) is 0 Å². The first kappa shape index (κ1) is 8.97. The third-order valence-corrected chi connectivity index (χ3v) is 2.26. The van der Waals surface area contributed by atoms with Gasteiger partial charge >= 0.3 is 0 Å². The van der Waals surface area contributed by atoms with E-state index in [0.29, 0.717) is 12.1 Å². The molecule has 0 spiro atoms. The van der Waals surface area contributed by atoms with Crippen LogP contribution in [0.15, 0.2) is 0 Å². The van der Waals surface area contributed by atoms with Gasteiger partial charge in [0.1, 0.15) is 0 Å². The molecule has 1 heterocycles. The lowest BCUT2D eigenvalue weighted by Gasteiger charge is -2.26. The van der Waals surface area contributed by atoms with E-state index in [1.165, 1.54) is 6.42 Å². The van der Waals surface area contributed by atoms with Crippen LogP contribution in [0.25, 0.3) is 0 Å². The standard InChI is InChI=1S/C8H19N3/c1-7(9-2)5-8-6-10-3-4-11-8/h7-11H,3-6H2,1-2H3. The molecule has 0 aliphatic carbocycles. The second-order valence-corrected chi connectivity index (χ2v) is 3.28. The van der Waals surface area contributed by atoms with E-state index >= 15 is 0 Å². The van der Waals surface area contributed by atoms with Gasteiger partial charge in [-0.1, -0.05) is 0 Å². The van der Waals surface area contributed by atoms with Crippen LogP contribution in [-0.2, 0) is 0 Å². The minimum Gasteiger partial charge on any atom is -0.317 e. The summed E-state index contributed by atoms with van der Waals surface area (Å²) in [4.78, 5) is 0. The Hall–Kier alpha value is -0.120. The van der Waals surface area contributed by atoms with E-state index in [4.69, 9.17) is 0 Å². The summed E-state index contributed by atoms with van der Waals surface area (Å²) >= 11 is 0. The number of nitrogens with one attached hydrogen (secondary N) is 3. The maximum atomic E-state index is 3.48. The molecule has 3 heteroatoms. The van der Waals surface area contributed by atoms with Gasteiger partial charge in [-0.15, -0.1) is 0 Å². The van der Waals surface area contributed by atoms with Crippen LogP contribution in [0, 0.1) is 0 Å². The molecule has 0 aromatic carbocycles. The summed E-state index contributed by atoms with van der Waals surface area (Å²) < 4.78 is 0. The minimum atomic E-state index is 0.618. The molecule has 0 radical (unpaired) electrons. The molecule has 3 nitrogen and oxygen atoms in total. The molecule has 1 saturated heterocycles. The predicted octanol–water partition coefficient (Wildman–Crippen LogP) is -0.454. The highest BCUT2D eigenvalue weighted by molar-refractivity contribution is 4.78. The quantitative estimate of drug-likeness (QED) is 0.519. The first-order valence-corrected chi connectivity index (χ1v) is 4.44. The maximum absolute atomic E-state index is 3.48. The fraction of sp³-hybridized carbons (Fsp3) is 1.00. The SMILES string of the molecule is CNC(C)CC1CNCCN1. The van der Waals surface area contributed by atoms with E-state index in [1.54, 1.807) is 0 Å². The molecule has 0 aromatic heterocycles. The molecule has 1 aliphatic rings. The first-order chi connectivity index (χ1) is 5.33. The minimum absolute atomic E-state index is 0.618. The molecule has 3 N–H and O–H groups in total. The van der Waals surface area contributed by atoms with Crippen LogP contribution >= 0.6 is 0 Å². The zero-order valence-corrected chi connectivity index (χ0v) is 7.48. The van der Waals surface area contributed by atoms with Crippen molar-refractivity contribution in [1.29, 1.82) is 0 Å². The molecule has 0 amide bonds. The normalized spacial score (nSPS) is 28.4. The summed E-state index contributed by atoms with van der Waals surface area (Å²) in [5.74, 6) is 0. The molecule has 11 heavy (non-hydrogen) atoms. The van der Waals surface area contributed by atoms with Crippen molar-refractivity contribution in [3.63, 3.8) is 0 Å². The van der Waals surface area contributed by atoms with Crippen LogP contribution in [0.1, 0.15) is 13.3 Å². The van der Waals surface area contributed by atoms with Crippen LogP contribution in [-0.4, -0.2) is 38.8 Å². The summed E-state index contributed by atoms with van der Waals surface area (Å²) in [6.45, 7) is 5.56. The third-order valence-electron chi connectivity index (χ3n) is 2.26. The highest BCUT2D eigenvalue weighted by Crippen LogP contribution is 1.98. The lowest BCUT2D eigenvalue weighted by Crippen LogP contribution is -2.50. The smallest absolute Gasteiger partial charge is 0.0207 e. The number of rotatable bonds is 3. The van der Waals surface area contributed by atoms with E-state index in [-0.39, 0.29) is 0 Å². The van der Waals surface area contributed by atoms with Crippen LogP contribution in [0.2, 0.25) is 0 Å². The fourth-order valence-electron chi connectivity index (χ4n) is 1.42. The molecule has 1 rings (SSSR count). The van der Waals surface area contributed by atoms with Gasteiger partial charge in [-0.25, -0.2) is 0 Å². The van der Waals surface area contributed by atoms with Gasteiger partial charge in [0, 0.05) is 31.7 Å². The lowest BCUT2D eigenvalue weighted by molar-refractivity contribution is 0.367. The molecule has 1 fully saturated rings. The molecular formula is C8H19N3. The zero-order valence-electron chi connectivity index (χ0n) is 7.48. The highest BCUT2D eigenvalue weighted by atomic mass is 15.1. The zero-order chi connectivity index (χ0) is 8.10. The van der Waals surface area contributed by atoms with E-state index in [1.807, 2.05) is 7.05 Å². The molecule has 2 atom stereocenters. The third kappa shape index (κ3) is 3.18. The Morgan fingerprint density at radius 3 is 2.91 bits per heavy atom. The molecule has 0 aromatic rings. The van der Waals surface area contributed by atoms with Crippen molar-refractivity contribution in [1.82, 2.24) is 16.0 Å². The Morgan fingerprint density at radius 1 is 1.55 bits per heavy atom. The second kappa shape index (κ2) is 4.70. The van der Waals surface area contributed by atoms with Gasteiger partial charge in [-0.05, 0) is 20.4 Å². The van der Waals surface area contributed by atoms with E-state index in [2.05, 4.69) is 22.9 Å². The molecule has 1 aliphatic heterocycles. The Labute approximate surface area is 68.9 Å². The van der Waals surface area contributed by atoms with Gasteiger partial charge in [0.2, 0.25) is 0 Å². The van der Waals surface area contributed by atoms with Gasteiger partial charge in [0.15, 0.2) is 0 Å². The number of piperazine rings is 1. The van der Waals surface area contributed by atoms with E-state index < -0.39 is 0 Å². The number of hydrogen-bond acceptors (Lipinski definition) is 3. The van der Waals surface area contributed by atoms with Crippen molar-refractivity contribution in [2.75, 3.05) is 26.7 Å². The molecular weight excluding hydrogens is 138 g/mol. The Morgan fingerprint density at radius 2 is 2.36 bits per heavy atom. The molecule has 0 bridgehead atoms. The van der Waals surface area contributed by atoms with Crippen molar-refractivity contribution in [3.05, 3.63) is 0 Å². The van der Waals surface area contributed by atoms with E-state index in [9.17, 15) is 0 Å². The maximum Gasteiger partial charge on any atom is 0.0207 e. The predicted molar refractivity (Wildman–Crippen MR) is 47.8 cm³/mol. The van der Waals surface area contributed by atoms with Crippen LogP contribution in [0.3, 0.4) is 0 Å². The molecule has 2 unspecified atom stereocenters. The topological polar surface area (TPSA) is 36.1 Å². The second-order valence-electron chi connectivity index (χ2n) is 3.28. The molecule has 0 saturated carbocycles. The Balaban J connectivity index is 2.13. The first-order valence-electron chi connectivity index (χ1n) is 4.44. The van der Waals surface area contributed by atoms with Gasteiger partial charge in [-0.3, -0.25) is 0 Å². The summed E-state index contributed by atoms with van der Waals surface area (Å²) in [6, 6.07) is 1.28. The average Bonchev–Trinajstić information content (AvgIpc) is 2.06. The Bertz CT molecular complexity index is 99.5. The van der Waals surface area contributed by atoms with Crippen molar-refractivity contribution in [3.8, 4) is 0 Å². The van der Waals surface area contributed by atoms with Crippen molar-refractivity contribution < 1.29 is 0 Å². The van der Waals surface area contributed by atoms with Crippen LogP contribution in [0.5, 0.6) is 0 Å². The summed E-state index contributed by atoms with van der Waals surface area (Å²) in [5, 5.41) is 10.1. The summed E-state index contributed by atoms with van der Waals surface area (Å²) in [7, 11) is 2.01. The largest absolute Gasteiger partial charge is 0.317 e. The Kier molecular flexibility index (Phi) is 3.83. The van der Waals surface area contributed by atoms with E-state index in [0.717, 1.165) is 19.6 Å². The molecule has 66 valence electrons. The van der Waals surface area contributed by atoms with Crippen LogP contribution < -0.4 is 16.0 Å². The van der Waals surface area contributed by atoms with Crippen molar-refractivity contribution >= 4 is 0 Å². The number of hydrogen-bond donors (Lipinski definition) is 3. The summed E-state index contributed by atoms with van der Waals surface area (Å²) in [6.07, 6.45) is 1.21. The average molecular weight is 157 g/mol. The van der Waals surface area contributed by atoms with Gasteiger partial charge < -0.3 is 16.0 Å². The van der Waals surface area contributed by atoms with Crippen LogP contribution in [0.4, 0.5) is 0 Å².